The molecule has 3 N–H and O–H groups in total. The van der Waals surface area contributed by atoms with E-state index < -0.39 is 0 Å². The van der Waals surface area contributed by atoms with E-state index in [0.29, 0.717) is 16.5 Å². The quantitative estimate of drug-likeness (QED) is 0.666. The molecule has 0 aliphatic carbocycles. The summed E-state index contributed by atoms with van der Waals surface area (Å²) in [5.41, 5.74) is 11.7. The van der Waals surface area contributed by atoms with Crippen LogP contribution in [0.15, 0.2) is 48.8 Å². The second kappa shape index (κ2) is 8.17. The molecule has 6 nitrogen and oxygen atoms in total. The van der Waals surface area contributed by atoms with Crippen molar-refractivity contribution in [1.82, 2.24) is 9.97 Å². The molecule has 1 fully saturated rings. The van der Waals surface area contributed by atoms with Gasteiger partial charge in [0.25, 0.3) is 0 Å². The molecule has 0 saturated carbocycles. The Morgan fingerprint density at radius 2 is 1.66 bits per heavy atom. The van der Waals surface area contributed by atoms with Crippen molar-refractivity contribution in [1.29, 1.82) is 0 Å². The van der Waals surface area contributed by atoms with Gasteiger partial charge in [0.05, 0.1) is 10.7 Å². The van der Waals surface area contributed by atoms with E-state index in [1.54, 1.807) is 6.33 Å². The first-order chi connectivity index (χ1) is 14.0. The number of benzene rings is 2. The number of nitrogen functional groups attached to an aromatic ring is 1. The third kappa shape index (κ3) is 3.93. The Kier molecular flexibility index (Phi) is 5.45. The van der Waals surface area contributed by atoms with Crippen LogP contribution in [0.4, 0.5) is 28.7 Å². The molecule has 1 aliphatic rings. The largest absolute Gasteiger partial charge is 0.393 e. The summed E-state index contributed by atoms with van der Waals surface area (Å²) in [6.07, 6.45) is 1.54. The Hall–Kier alpha value is -2.99. The number of rotatable bonds is 4. The number of anilines is 5. The van der Waals surface area contributed by atoms with E-state index in [0.717, 1.165) is 37.7 Å². The Bertz CT molecular complexity index is 1010. The summed E-state index contributed by atoms with van der Waals surface area (Å²) in [6.45, 7) is 7.87. The molecule has 0 radical (unpaired) electrons. The fraction of sp³-hybridized carbons (Fsp3) is 0.273. The molecular formula is C22H25ClN6. The Labute approximate surface area is 176 Å². The van der Waals surface area contributed by atoms with Crippen molar-refractivity contribution in [3.63, 3.8) is 0 Å². The smallest absolute Gasteiger partial charge is 0.159 e. The fourth-order valence-electron chi connectivity index (χ4n) is 3.67. The number of hydrogen-bond donors (Lipinski definition) is 2. The molecule has 4 rings (SSSR count). The van der Waals surface area contributed by atoms with E-state index in [4.69, 9.17) is 17.3 Å². The molecule has 0 atom stereocenters. The van der Waals surface area contributed by atoms with Crippen molar-refractivity contribution in [3.8, 4) is 0 Å². The number of hydrogen-bond acceptors (Lipinski definition) is 6. The van der Waals surface area contributed by atoms with Crippen LogP contribution in [-0.4, -0.2) is 36.1 Å². The van der Waals surface area contributed by atoms with Crippen LogP contribution in [0.5, 0.6) is 0 Å². The Balaban J connectivity index is 1.50. The van der Waals surface area contributed by atoms with Gasteiger partial charge in [-0.15, -0.1) is 0 Å². The number of aryl methyl sites for hydroxylation is 1. The van der Waals surface area contributed by atoms with E-state index in [-0.39, 0.29) is 0 Å². The molecule has 150 valence electrons. The average molecular weight is 409 g/mol. The normalized spacial score (nSPS) is 14.2. The lowest BCUT2D eigenvalue weighted by Gasteiger charge is -2.38. The summed E-state index contributed by atoms with van der Waals surface area (Å²) >= 11 is 6.25. The van der Waals surface area contributed by atoms with Gasteiger partial charge in [-0.2, -0.15) is 0 Å². The number of para-hydroxylation sites is 1. The molecule has 1 aliphatic heterocycles. The van der Waals surface area contributed by atoms with Gasteiger partial charge in [0, 0.05) is 31.9 Å². The van der Waals surface area contributed by atoms with Crippen molar-refractivity contribution in [3.05, 3.63) is 64.9 Å². The standard InChI is InChI=1S/C22H25ClN6/c1-15-6-5-9-19(16(15)2)28-10-12-29(13-11-28)22-20(24)21(25-14-26-22)27-18-8-4-3-7-17(18)23/h3-9,14H,10-13,24H2,1-2H3,(H,25,26,27). The first-order valence-corrected chi connectivity index (χ1v) is 10.1. The number of nitrogens with two attached hydrogens (primary N) is 1. The summed E-state index contributed by atoms with van der Waals surface area (Å²) in [7, 11) is 0. The number of halogens is 1. The molecule has 0 unspecified atom stereocenters. The summed E-state index contributed by atoms with van der Waals surface area (Å²) in [4.78, 5) is 13.4. The molecule has 0 amide bonds. The number of aromatic nitrogens is 2. The van der Waals surface area contributed by atoms with E-state index in [9.17, 15) is 0 Å². The number of nitrogens with zero attached hydrogens (tertiary/aromatic N) is 4. The predicted molar refractivity (Wildman–Crippen MR) is 122 cm³/mol. The fourth-order valence-corrected chi connectivity index (χ4v) is 3.85. The SMILES string of the molecule is Cc1cccc(N2CCN(c3ncnc(Nc4ccccc4Cl)c3N)CC2)c1C. The van der Waals surface area contributed by atoms with Crippen molar-refractivity contribution >= 4 is 40.3 Å². The highest BCUT2D eigenvalue weighted by molar-refractivity contribution is 6.33. The van der Waals surface area contributed by atoms with E-state index in [1.165, 1.54) is 16.8 Å². The second-order valence-corrected chi connectivity index (χ2v) is 7.66. The molecule has 3 aromatic rings. The van der Waals surface area contributed by atoms with Crippen LogP contribution >= 0.6 is 11.6 Å². The topological polar surface area (TPSA) is 70.3 Å². The molecule has 2 heterocycles. The molecule has 2 aromatic carbocycles. The average Bonchev–Trinajstić information content (AvgIpc) is 2.73. The van der Waals surface area contributed by atoms with Crippen LogP contribution in [0.3, 0.4) is 0 Å². The monoisotopic (exact) mass is 408 g/mol. The van der Waals surface area contributed by atoms with Crippen LogP contribution in [0.2, 0.25) is 5.02 Å². The highest BCUT2D eigenvalue weighted by Crippen LogP contribution is 2.32. The summed E-state index contributed by atoms with van der Waals surface area (Å²) in [6, 6.07) is 14.0. The lowest BCUT2D eigenvalue weighted by atomic mass is 10.1. The molecule has 0 bridgehead atoms. The highest BCUT2D eigenvalue weighted by Gasteiger charge is 2.22. The van der Waals surface area contributed by atoms with Gasteiger partial charge in [-0.3, -0.25) is 0 Å². The van der Waals surface area contributed by atoms with E-state index in [2.05, 4.69) is 57.1 Å². The summed E-state index contributed by atoms with van der Waals surface area (Å²) < 4.78 is 0. The minimum atomic E-state index is 0.535. The first kappa shape index (κ1) is 19.3. The van der Waals surface area contributed by atoms with Gasteiger partial charge in [0.15, 0.2) is 11.6 Å². The molecular weight excluding hydrogens is 384 g/mol. The van der Waals surface area contributed by atoms with Crippen molar-refractivity contribution in [2.45, 2.75) is 13.8 Å². The number of piperazine rings is 1. The van der Waals surface area contributed by atoms with Crippen molar-refractivity contribution in [2.24, 2.45) is 0 Å². The maximum absolute atomic E-state index is 6.42. The zero-order valence-corrected chi connectivity index (χ0v) is 17.4. The maximum atomic E-state index is 6.42. The van der Waals surface area contributed by atoms with Gasteiger partial charge in [-0.1, -0.05) is 35.9 Å². The Morgan fingerprint density at radius 3 is 2.41 bits per heavy atom. The molecule has 0 spiro atoms. The lowest BCUT2D eigenvalue weighted by Crippen LogP contribution is -2.47. The highest BCUT2D eigenvalue weighted by atomic mass is 35.5. The predicted octanol–water partition coefficient (Wildman–Crippen LogP) is 4.40. The lowest BCUT2D eigenvalue weighted by molar-refractivity contribution is 0.646. The van der Waals surface area contributed by atoms with Gasteiger partial charge in [0.2, 0.25) is 0 Å². The first-order valence-electron chi connectivity index (χ1n) is 9.72. The zero-order valence-electron chi connectivity index (χ0n) is 16.7. The molecule has 7 heteroatoms. The number of nitrogens with one attached hydrogen (secondary N) is 1. The molecule has 1 aromatic heterocycles. The van der Waals surface area contributed by atoms with Gasteiger partial charge in [-0.25, -0.2) is 9.97 Å². The molecule has 29 heavy (non-hydrogen) atoms. The van der Waals surface area contributed by atoms with Gasteiger partial charge < -0.3 is 20.9 Å². The van der Waals surface area contributed by atoms with Crippen LogP contribution < -0.4 is 20.9 Å². The third-order valence-electron chi connectivity index (χ3n) is 5.49. The zero-order chi connectivity index (χ0) is 20.4. The summed E-state index contributed by atoms with van der Waals surface area (Å²) in [5.74, 6) is 1.33. The minimum Gasteiger partial charge on any atom is -0.393 e. The van der Waals surface area contributed by atoms with Crippen molar-refractivity contribution < 1.29 is 0 Å². The van der Waals surface area contributed by atoms with Crippen LogP contribution in [0.1, 0.15) is 11.1 Å². The van der Waals surface area contributed by atoms with Gasteiger partial charge in [-0.05, 0) is 43.2 Å². The van der Waals surface area contributed by atoms with E-state index in [1.807, 2.05) is 24.3 Å². The van der Waals surface area contributed by atoms with Crippen LogP contribution in [0, 0.1) is 13.8 Å². The van der Waals surface area contributed by atoms with Crippen LogP contribution in [0.25, 0.3) is 0 Å². The maximum Gasteiger partial charge on any atom is 0.159 e. The van der Waals surface area contributed by atoms with Gasteiger partial charge >= 0.3 is 0 Å². The van der Waals surface area contributed by atoms with Gasteiger partial charge in [0.1, 0.15) is 12.0 Å². The Morgan fingerprint density at radius 1 is 0.931 bits per heavy atom. The third-order valence-corrected chi connectivity index (χ3v) is 5.82. The summed E-state index contributed by atoms with van der Waals surface area (Å²) in [5, 5.41) is 3.84. The minimum absolute atomic E-state index is 0.535. The van der Waals surface area contributed by atoms with Crippen LogP contribution in [-0.2, 0) is 0 Å². The second-order valence-electron chi connectivity index (χ2n) is 7.26. The molecule has 1 saturated heterocycles. The van der Waals surface area contributed by atoms with E-state index >= 15 is 0 Å². The van der Waals surface area contributed by atoms with Crippen molar-refractivity contribution in [2.75, 3.05) is 47.0 Å².